The van der Waals surface area contributed by atoms with Crippen LogP contribution in [-0.4, -0.2) is 16.1 Å². The van der Waals surface area contributed by atoms with E-state index in [0.717, 1.165) is 4.47 Å². The standard InChI is InChI=1S/C8H8BrClO2/c9-5-1-2-7(11)6(3-5)8(12)4-10/h1-3,8,11-12H,4H2. The Morgan fingerprint density at radius 2 is 2.17 bits per heavy atom. The van der Waals surface area contributed by atoms with Crippen LogP contribution in [-0.2, 0) is 0 Å². The Balaban J connectivity index is 3.04. The zero-order valence-corrected chi connectivity index (χ0v) is 8.51. The third-order valence-corrected chi connectivity index (χ3v) is 2.28. The summed E-state index contributed by atoms with van der Waals surface area (Å²) in [6, 6.07) is 4.84. The monoisotopic (exact) mass is 250 g/mol. The number of aliphatic hydroxyl groups excluding tert-OH is 1. The van der Waals surface area contributed by atoms with Crippen LogP contribution in [0.25, 0.3) is 0 Å². The summed E-state index contributed by atoms with van der Waals surface area (Å²) in [4.78, 5) is 0. The van der Waals surface area contributed by atoms with Crippen molar-refractivity contribution in [2.24, 2.45) is 0 Å². The predicted molar refractivity (Wildman–Crippen MR) is 51.5 cm³/mol. The number of aromatic hydroxyl groups is 1. The van der Waals surface area contributed by atoms with Gasteiger partial charge in [0.25, 0.3) is 0 Å². The highest BCUT2D eigenvalue weighted by atomic mass is 79.9. The van der Waals surface area contributed by atoms with E-state index in [9.17, 15) is 10.2 Å². The summed E-state index contributed by atoms with van der Waals surface area (Å²) in [5.41, 5.74) is 0.444. The van der Waals surface area contributed by atoms with Gasteiger partial charge in [-0.25, -0.2) is 0 Å². The van der Waals surface area contributed by atoms with E-state index in [1.54, 1.807) is 12.1 Å². The Labute approximate surface area is 83.9 Å². The Morgan fingerprint density at radius 1 is 1.50 bits per heavy atom. The van der Waals surface area contributed by atoms with Gasteiger partial charge in [-0.05, 0) is 18.2 Å². The van der Waals surface area contributed by atoms with Crippen molar-refractivity contribution in [2.45, 2.75) is 6.10 Å². The molecular formula is C8H8BrClO2. The highest BCUT2D eigenvalue weighted by Gasteiger charge is 2.10. The fraction of sp³-hybridized carbons (Fsp3) is 0.250. The van der Waals surface area contributed by atoms with Gasteiger partial charge < -0.3 is 10.2 Å². The molecule has 0 spiro atoms. The molecule has 2 N–H and O–H groups in total. The number of rotatable bonds is 2. The predicted octanol–water partition coefficient (Wildman–Crippen LogP) is 2.43. The van der Waals surface area contributed by atoms with E-state index < -0.39 is 6.10 Å². The summed E-state index contributed by atoms with van der Waals surface area (Å²) in [7, 11) is 0. The molecule has 0 heterocycles. The smallest absolute Gasteiger partial charge is 0.121 e. The van der Waals surface area contributed by atoms with E-state index >= 15 is 0 Å². The average molecular weight is 252 g/mol. The van der Waals surface area contributed by atoms with Crippen molar-refractivity contribution in [2.75, 3.05) is 5.88 Å². The van der Waals surface area contributed by atoms with Gasteiger partial charge >= 0.3 is 0 Å². The highest BCUT2D eigenvalue weighted by Crippen LogP contribution is 2.27. The van der Waals surface area contributed by atoms with Crippen LogP contribution in [0.3, 0.4) is 0 Å². The fourth-order valence-electron chi connectivity index (χ4n) is 0.875. The number of aliphatic hydroxyl groups is 1. The summed E-state index contributed by atoms with van der Waals surface area (Å²) in [6.45, 7) is 0. The molecule has 66 valence electrons. The van der Waals surface area contributed by atoms with Gasteiger partial charge in [0.1, 0.15) is 5.75 Å². The molecule has 12 heavy (non-hydrogen) atoms. The molecule has 1 aromatic carbocycles. The second-order valence-corrected chi connectivity index (χ2v) is 3.60. The Morgan fingerprint density at radius 3 is 2.75 bits per heavy atom. The van der Waals surface area contributed by atoms with Crippen LogP contribution in [0.1, 0.15) is 11.7 Å². The summed E-state index contributed by atoms with van der Waals surface area (Å²) in [6.07, 6.45) is -0.816. The second kappa shape index (κ2) is 4.12. The molecule has 0 saturated heterocycles. The van der Waals surface area contributed by atoms with Crippen LogP contribution >= 0.6 is 27.5 Å². The molecule has 0 aromatic heterocycles. The van der Waals surface area contributed by atoms with Crippen molar-refractivity contribution in [1.29, 1.82) is 0 Å². The summed E-state index contributed by atoms with van der Waals surface area (Å²) in [5, 5.41) is 18.6. The Hall–Kier alpha value is -0.250. The molecule has 0 amide bonds. The molecule has 0 saturated carbocycles. The van der Waals surface area contributed by atoms with Gasteiger partial charge in [0.2, 0.25) is 0 Å². The minimum Gasteiger partial charge on any atom is -0.508 e. The molecule has 1 unspecified atom stereocenters. The third-order valence-electron chi connectivity index (χ3n) is 1.49. The molecule has 0 aliphatic heterocycles. The quantitative estimate of drug-likeness (QED) is 0.793. The first-order chi connectivity index (χ1) is 5.65. The normalized spacial score (nSPS) is 12.9. The minimum absolute atomic E-state index is 0.0614. The third kappa shape index (κ3) is 2.12. The van der Waals surface area contributed by atoms with Gasteiger partial charge in [-0.1, -0.05) is 15.9 Å². The summed E-state index contributed by atoms with van der Waals surface area (Å²) < 4.78 is 0.805. The number of phenols is 1. The van der Waals surface area contributed by atoms with E-state index in [1.807, 2.05) is 0 Å². The average Bonchev–Trinajstić information content (AvgIpc) is 2.08. The molecule has 1 atom stereocenters. The minimum atomic E-state index is -0.816. The lowest BCUT2D eigenvalue weighted by molar-refractivity contribution is 0.198. The Bertz CT molecular complexity index is 278. The number of benzene rings is 1. The molecule has 1 rings (SSSR count). The lowest BCUT2D eigenvalue weighted by atomic mass is 10.1. The van der Waals surface area contributed by atoms with Crippen LogP contribution in [0.5, 0.6) is 5.75 Å². The van der Waals surface area contributed by atoms with Crippen molar-refractivity contribution < 1.29 is 10.2 Å². The van der Waals surface area contributed by atoms with Gasteiger partial charge in [0, 0.05) is 10.0 Å². The molecule has 0 radical (unpaired) electrons. The molecular weight excluding hydrogens is 243 g/mol. The van der Waals surface area contributed by atoms with Crippen LogP contribution in [0.4, 0.5) is 0 Å². The number of alkyl halides is 1. The molecule has 2 nitrogen and oxygen atoms in total. The molecule has 0 fully saturated rings. The maximum absolute atomic E-state index is 9.32. The molecule has 0 aliphatic rings. The van der Waals surface area contributed by atoms with Crippen molar-refractivity contribution in [3.05, 3.63) is 28.2 Å². The maximum atomic E-state index is 9.32. The van der Waals surface area contributed by atoms with Gasteiger partial charge in [-0.3, -0.25) is 0 Å². The van der Waals surface area contributed by atoms with Crippen LogP contribution in [0, 0.1) is 0 Å². The van der Waals surface area contributed by atoms with E-state index in [1.165, 1.54) is 6.07 Å². The fourth-order valence-corrected chi connectivity index (χ4v) is 1.42. The van der Waals surface area contributed by atoms with Gasteiger partial charge in [0.15, 0.2) is 0 Å². The first-order valence-corrected chi connectivity index (χ1v) is 4.70. The molecule has 0 aliphatic carbocycles. The van der Waals surface area contributed by atoms with Crippen molar-refractivity contribution in [1.82, 2.24) is 0 Å². The number of hydrogen-bond donors (Lipinski definition) is 2. The number of hydrogen-bond acceptors (Lipinski definition) is 2. The van der Waals surface area contributed by atoms with Crippen LogP contribution < -0.4 is 0 Å². The van der Waals surface area contributed by atoms with Gasteiger partial charge in [0.05, 0.1) is 12.0 Å². The molecule has 0 bridgehead atoms. The first kappa shape index (κ1) is 9.84. The first-order valence-electron chi connectivity index (χ1n) is 3.37. The van der Waals surface area contributed by atoms with Crippen molar-refractivity contribution in [3.8, 4) is 5.75 Å². The largest absolute Gasteiger partial charge is 0.508 e. The van der Waals surface area contributed by atoms with Gasteiger partial charge in [-0.2, -0.15) is 0 Å². The number of halogens is 2. The van der Waals surface area contributed by atoms with E-state index in [4.69, 9.17) is 11.6 Å². The zero-order valence-electron chi connectivity index (χ0n) is 6.17. The lowest BCUT2D eigenvalue weighted by Crippen LogP contribution is -1.98. The molecule has 1 aromatic rings. The van der Waals surface area contributed by atoms with E-state index in [-0.39, 0.29) is 11.6 Å². The zero-order chi connectivity index (χ0) is 9.14. The van der Waals surface area contributed by atoms with E-state index in [0.29, 0.717) is 5.56 Å². The Kier molecular flexibility index (Phi) is 3.38. The summed E-state index contributed by atoms with van der Waals surface area (Å²) in [5.74, 6) is 0.135. The topological polar surface area (TPSA) is 40.5 Å². The van der Waals surface area contributed by atoms with Crippen molar-refractivity contribution in [3.63, 3.8) is 0 Å². The van der Waals surface area contributed by atoms with E-state index in [2.05, 4.69) is 15.9 Å². The van der Waals surface area contributed by atoms with Gasteiger partial charge in [-0.15, -0.1) is 11.6 Å². The van der Waals surface area contributed by atoms with Crippen LogP contribution in [0.2, 0.25) is 0 Å². The molecule has 4 heteroatoms. The SMILES string of the molecule is Oc1ccc(Br)cc1C(O)CCl. The second-order valence-electron chi connectivity index (χ2n) is 2.37. The summed E-state index contributed by atoms with van der Waals surface area (Å²) >= 11 is 8.66. The highest BCUT2D eigenvalue weighted by molar-refractivity contribution is 9.10. The van der Waals surface area contributed by atoms with Crippen molar-refractivity contribution >= 4 is 27.5 Å². The van der Waals surface area contributed by atoms with Crippen LogP contribution in [0.15, 0.2) is 22.7 Å². The number of phenolic OH excluding ortho intramolecular Hbond substituents is 1. The lowest BCUT2D eigenvalue weighted by Gasteiger charge is -2.09. The maximum Gasteiger partial charge on any atom is 0.121 e.